The lowest BCUT2D eigenvalue weighted by Crippen LogP contribution is -2.19. The smallest absolute Gasteiger partial charge is 0.266 e. The number of carbonyl (C=O) groups excluding carboxylic acids is 1. The molecule has 0 bridgehead atoms. The lowest BCUT2D eigenvalue weighted by molar-refractivity contribution is 0.0654. The van der Waals surface area contributed by atoms with Crippen LogP contribution in [0.3, 0.4) is 0 Å². The van der Waals surface area contributed by atoms with E-state index >= 15 is 0 Å². The van der Waals surface area contributed by atoms with Crippen LogP contribution in [0, 0.1) is 0 Å². The Morgan fingerprint density at radius 2 is 2.12 bits per heavy atom. The number of nitrogens with two attached hydrogens (primary N) is 1. The number of nitrogens with zero attached hydrogens (tertiary/aromatic N) is 2. The average Bonchev–Trinajstić information content (AvgIpc) is 2.71. The van der Waals surface area contributed by atoms with Crippen molar-refractivity contribution in [2.75, 3.05) is 7.11 Å². The van der Waals surface area contributed by atoms with Crippen LogP contribution in [0.25, 0.3) is 0 Å². The highest BCUT2D eigenvalue weighted by Crippen LogP contribution is 2.33. The molecule has 0 saturated heterocycles. The topological polar surface area (TPSA) is 70.1 Å². The molecule has 2 rings (SSSR count). The van der Waals surface area contributed by atoms with Crippen molar-refractivity contribution in [3.8, 4) is 0 Å². The molecule has 17 heavy (non-hydrogen) atoms. The Hall–Kier alpha value is -1.36. The largest absolute Gasteiger partial charge is 0.381 e. The minimum atomic E-state index is -0.420. The second-order valence-corrected chi connectivity index (χ2v) is 4.65. The fraction of sp³-hybridized carbons (Fsp3) is 0.667. The lowest BCUT2D eigenvalue weighted by atomic mass is 9.85. The first-order valence-electron chi connectivity index (χ1n) is 5.98. The van der Waals surface area contributed by atoms with Crippen LogP contribution in [0.1, 0.15) is 47.8 Å². The van der Waals surface area contributed by atoms with Gasteiger partial charge in [0.2, 0.25) is 0 Å². The van der Waals surface area contributed by atoms with Crippen molar-refractivity contribution in [1.82, 2.24) is 9.78 Å². The molecule has 5 nitrogen and oxygen atoms in total. The first kappa shape index (κ1) is 12.1. The number of hydrogen-bond donors (Lipinski definition) is 1. The maximum absolute atomic E-state index is 11.2. The number of aromatic nitrogens is 2. The predicted octanol–water partition coefficient (Wildman–Crippen LogP) is 1.19. The zero-order valence-corrected chi connectivity index (χ0v) is 10.3. The zero-order valence-electron chi connectivity index (χ0n) is 10.3. The minimum Gasteiger partial charge on any atom is -0.381 e. The Morgan fingerprint density at radius 1 is 1.47 bits per heavy atom. The van der Waals surface area contributed by atoms with Gasteiger partial charge in [0.15, 0.2) is 0 Å². The number of ether oxygens (including phenoxy) is 1. The van der Waals surface area contributed by atoms with E-state index in [0.29, 0.717) is 17.7 Å². The monoisotopic (exact) mass is 237 g/mol. The Balaban J connectivity index is 2.08. The Labute approximate surface area is 101 Å². The maximum Gasteiger partial charge on any atom is 0.266 e. The number of methoxy groups -OCH3 is 1. The number of amides is 1. The highest BCUT2D eigenvalue weighted by Gasteiger charge is 2.25. The molecular formula is C12H19N3O2. The van der Waals surface area contributed by atoms with Crippen molar-refractivity contribution >= 4 is 5.91 Å². The van der Waals surface area contributed by atoms with Crippen LogP contribution >= 0.6 is 0 Å². The highest BCUT2D eigenvalue weighted by atomic mass is 16.5. The maximum atomic E-state index is 11.2. The first-order valence-corrected chi connectivity index (χ1v) is 5.98. The number of hydrogen-bond acceptors (Lipinski definition) is 3. The first-order chi connectivity index (χ1) is 8.11. The molecule has 0 atom stereocenters. The highest BCUT2D eigenvalue weighted by molar-refractivity contribution is 5.91. The molecule has 1 aliphatic carbocycles. The third kappa shape index (κ3) is 2.49. The molecule has 1 aliphatic rings. The van der Waals surface area contributed by atoms with Gasteiger partial charge in [0.1, 0.15) is 5.69 Å². The van der Waals surface area contributed by atoms with Gasteiger partial charge in [-0.05, 0) is 31.7 Å². The average molecular weight is 237 g/mol. The summed E-state index contributed by atoms with van der Waals surface area (Å²) in [4.78, 5) is 11.2. The second kappa shape index (κ2) is 4.87. The molecule has 1 amide bonds. The van der Waals surface area contributed by atoms with Crippen molar-refractivity contribution in [1.29, 1.82) is 0 Å². The summed E-state index contributed by atoms with van der Waals surface area (Å²) in [6.45, 7) is 0. The fourth-order valence-electron chi connectivity index (χ4n) is 2.51. The molecule has 2 N–H and O–H groups in total. The van der Waals surface area contributed by atoms with E-state index in [4.69, 9.17) is 10.5 Å². The second-order valence-electron chi connectivity index (χ2n) is 4.65. The van der Waals surface area contributed by atoms with E-state index in [1.54, 1.807) is 18.8 Å². The Kier molecular flexibility index (Phi) is 3.47. The molecule has 1 aromatic rings. The van der Waals surface area contributed by atoms with E-state index in [1.807, 2.05) is 6.07 Å². The number of rotatable bonds is 3. The van der Waals surface area contributed by atoms with Crippen LogP contribution in [0.4, 0.5) is 0 Å². The van der Waals surface area contributed by atoms with Crippen LogP contribution in [0.5, 0.6) is 0 Å². The lowest BCUT2D eigenvalue weighted by Gasteiger charge is -2.26. The summed E-state index contributed by atoms with van der Waals surface area (Å²) in [5.41, 5.74) is 6.74. The van der Waals surface area contributed by atoms with Gasteiger partial charge in [-0.25, -0.2) is 0 Å². The van der Waals surface area contributed by atoms with Gasteiger partial charge >= 0.3 is 0 Å². The van der Waals surface area contributed by atoms with E-state index in [9.17, 15) is 4.79 Å². The summed E-state index contributed by atoms with van der Waals surface area (Å²) in [7, 11) is 3.52. The van der Waals surface area contributed by atoms with E-state index < -0.39 is 5.91 Å². The predicted molar refractivity (Wildman–Crippen MR) is 63.7 cm³/mol. The fourth-order valence-corrected chi connectivity index (χ4v) is 2.51. The van der Waals surface area contributed by atoms with Crippen LogP contribution in [0.2, 0.25) is 0 Å². The normalized spacial score (nSPS) is 24.8. The van der Waals surface area contributed by atoms with Crippen molar-refractivity contribution in [3.05, 3.63) is 17.5 Å². The molecule has 0 radical (unpaired) electrons. The number of carbonyl (C=O) groups is 1. The van der Waals surface area contributed by atoms with Gasteiger partial charge in [0.05, 0.1) is 11.8 Å². The molecule has 5 heteroatoms. The van der Waals surface area contributed by atoms with E-state index in [1.165, 1.54) is 0 Å². The summed E-state index contributed by atoms with van der Waals surface area (Å²) in [5, 5.41) is 4.38. The third-order valence-corrected chi connectivity index (χ3v) is 3.58. The quantitative estimate of drug-likeness (QED) is 0.858. The molecule has 0 spiro atoms. The SMILES string of the molecule is COC1CCC(c2cc(C(N)=O)n(C)n2)CC1. The van der Waals surface area contributed by atoms with Gasteiger partial charge in [-0.15, -0.1) is 0 Å². The van der Waals surface area contributed by atoms with Crippen LogP contribution in [-0.4, -0.2) is 28.9 Å². The third-order valence-electron chi connectivity index (χ3n) is 3.58. The number of aryl methyl sites for hydroxylation is 1. The van der Waals surface area contributed by atoms with Crippen molar-refractivity contribution in [2.24, 2.45) is 12.8 Å². The summed E-state index contributed by atoms with van der Waals surface area (Å²) >= 11 is 0. The zero-order chi connectivity index (χ0) is 12.4. The van der Waals surface area contributed by atoms with Gasteiger partial charge in [0, 0.05) is 20.1 Å². The van der Waals surface area contributed by atoms with Gasteiger partial charge in [0.25, 0.3) is 5.91 Å². The summed E-state index contributed by atoms with van der Waals surface area (Å²) in [6, 6.07) is 1.82. The van der Waals surface area contributed by atoms with E-state index in [2.05, 4.69) is 5.10 Å². The molecule has 0 aromatic carbocycles. The molecule has 94 valence electrons. The molecule has 1 fully saturated rings. The van der Waals surface area contributed by atoms with E-state index in [-0.39, 0.29) is 0 Å². The standard InChI is InChI=1S/C12H19N3O2/c1-15-11(12(13)16)7-10(14-15)8-3-5-9(17-2)6-4-8/h7-9H,3-6H2,1-2H3,(H2,13,16). The Morgan fingerprint density at radius 3 is 2.59 bits per heavy atom. The molecule has 0 unspecified atom stereocenters. The Bertz CT molecular complexity index is 406. The number of primary amides is 1. The van der Waals surface area contributed by atoms with Crippen LogP contribution in [0.15, 0.2) is 6.07 Å². The molecule has 1 heterocycles. The van der Waals surface area contributed by atoms with Crippen molar-refractivity contribution in [2.45, 2.75) is 37.7 Å². The molecular weight excluding hydrogens is 218 g/mol. The summed E-state index contributed by atoms with van der Waals surface area (Å²) < 4.78 is 6.91. The summed E-state index contributed by atoms with van der Waals surface area (Å²) in [5.74, 6) is 0.0116. The molecule has 0 aliphatic heterocycles. The summed E-state index contributed by atoms with van der Waals surface area (Å²) in [6.07, 6.45) is 4.62. The van der Waals surface area contributed by atoms with Crippen molar-refractivity contribution in [3.63, 3.8) is 0 Å². The van der Waals surface area contributed by atoms with Gasteiger partial charge < -0.3 is 10.5 Å². The van der Waals surface area contributed by atoms with Crippen LogP contribution in [-0.2, 0) is 11.8 Å². The van der Waals surface area contributed by atoms with Gasteiger partial charge in [-0.2, -0.15) is 5.10 Å². The molecule has 1 saturated carbocycles. The minimum absolute atomic E-state index is 0.380. The van der Waals surface area contributed by atoms with E-state index in [0.717, 1.165) is 31.4 Å². The van der Waals surface area contributed by atoms with Crippen LogP contribution < -0.4 is 5.73 Å². The van der Waals surface area contributed by atoms with Gasteiger partial charge in [-0.1, -0.05) is 0 Å². The van der Waals surface area contributed by atoms with Crippen molar-refractivity contribution < 1.29 is 9.53 Å². The van der Waals surface area contributed by atoms with Gasteiger partial charge in [-0.3, -0.25) is 9.48 Å². The molecule has 1 aromatic heterocycles.